The van der Waals surface area contributed by atoms with Crippen LogP contribution >= 0.6 is 39.1 Å². The van der Waals surface area contributed by atoms with Crippen LogP contribution in [0.5, 0.6) is 0 Å². The predicted molar refractivity (Wildman–Crippen MR) is 88.4 cm³/mol. The summed E-state index contributed by atoms with van der Waals surface area (Å²) in [5.74, 6) is 0.496. The SMILES string of the molecule is O=S1(=O)CCC(C(CCl)(CCl)Cc2ccc(F)cc2Br)C1. The van der Waals surface area contributed by atoms with Crippen molar-refractivity contribution in [2.24, 2.45) is 11.3 Å². The molecule has 1 saturated heterocycles. The van der Waals surface area contributed by atoms with Crippen LogP contribution in [0.4, 0.5) is 4.39 Å². The molecule has 1 heterocycles. The van der Waals surface area contributed by atoms with Gasteiger partial charge in [0.1, 0.15) is 5.82 Å². The van der Waals surface area contributed by atoms with E-state index in [-0.39, 0.29) is 35.0 Å². The minimum Gasteiger partial charge on any atom is -0.229 e. The standard InChI is InChI=1S/C14H16BrCl2FO2S/c15-13-5-12(18)2-1-10(13)6-14(8-16,9-17)11-3-4-21(19,20)7-11/h1-2,5,11H,3-4,6-9H2. The third-order valence-corrected chi connectivity index (χ3v) is 7.76. The molecule has 0 bridgehead atoms. The topological polar surface area (TPSA) is 34.1 Å². The van der Waals surface area contributed by atoms with E-state index >= 15 is 0 Å². The molecule has 0 spiro atoms. The lowest BCUT2D eigenvalue weighted by atomic mass is 9.73. The number of rotatable bonds is 5. The lowest BCUT2D eigenvalue weighted by Crippen LogP contribution is -2.37. The van der Waals surface area contributed by atoms with E-state index in [1.165, 1.54) is 12.1 Å². The highest BCUT2D eigenvalue weighted by Gasteiger charge is 2.44. The van der Waals surface area contributed by atoms with Crippen molar-refractivity contribution in [1.82, 2.24) is 0 Å². The zero-order valence-electron chi connectivity index (χ0n) is 11.3. The monoisotopic (exact) mass is 416 g/mol. The highest BCUT2D eigenvalue weighted by Crippen LogP contribution is 2.42. The Balaban J connectivity index is 2.30. The first-order valence-corrected chi connectivity index (χ1v) is 10.3. The molecule has 0 radical (unpaired) electrons. The molecule has 2 rings (SSSR count). The van der Waals surface area contributed by atoms with Crippen molar-refractivity contribution >= 4 is 49.0 Å². The maximum atomic E-state index is 13.2. The van der Waals surface area contributed by atoms with Crippen molar-refractivity contribution in [2.75, 3.05) is 23.3 Å². The van der Waals surface area contributed by atoms with Gasteiger partial charge in [-0.25, -0.2) is 12.8 Å². The molecule has 1 aromatic rings. The molecule has 7 heteroatoms. The van der Waals surface area contributed by atoms with Gasteiger partial charge in [-0.15, -0.1) is 23.2 Å². The molecule has 0 aromatic heterocycles. The van der Waals surface area contributed by atoms with E-state index in [0.717, 1.165) is 5.56 Å². The van der Waals surface area contributed by atoms with Crippen molar-refractivity contribution < 1.29 is 12.8 Å². The van der Waals surface area contributed by atoms with Gasteiger partial charge in [-0.3, -0.25) is 0 Å². The quantitative estimate of drug-likeness (QED) is 0.677. The summed E-state index contributed by atoms with van der Waals surface area (Å²) in [5.41, 5.74) is 0.398. The van der Waals surface area contributed by atoms with Crippen LogP contribution in [0.25, 0.3) is 0 Å². The van der Waals surface area contributed by atoms with Crippen LogP contribution in [-0.2, 0) is 16.3 Å². The molecule has 1 atom stereocenters. The molecule has 118 valence electrons. The summed E-state index contributed by atoms with van der Waals surface area (Å²) in [5, 5.41) is 0. The molecule has 0 aliphatic carbocycles. The highest BCUT2D eigenvalue weighted by molar-refractivity contribution is 9.10. The van der Waals surface area contributed by atoms with Crippen molar-refractivity contribution in [1.29, 1.82) is 0 Å². The first kappa shape index (κ1) is 17.5. The van der Waals surface area contributed by atoms with Gasteiger partial charge >= 0.3 is 0 Å². The van der Waals surface area contributed by atoms with Gasteiger partial charge in [0, 0.05) is 21.6 Å². The fraction of sp³-hybridized carbons (Fsp3) is 0.571. The van der Waals surface area contributed by atoms with Gasteiger partial charge in [-0.1, -0.05) is 22.0 Å². The van der Waals surface area contributed by atoms with Gasteiger partial charge in [-0.05, 0) is 36.5 Å². The third kappa shape index (κ3) is 3.92. The smallest absolute Gasteiger partial charge is 0.150 e. The van der Waals surface area contributed by atoms with Crippen LogP contribution in [0.2, 0.25) is 0 Å². The first-order chi connectivity index (χ1) is 9.82. The van der Waals surface area contributed by atoms with Gasteiger partial charge in [0.05, 0.1) is 11.5 Å². The molecule has 1 aromatic carbocycles. The number of benzene rings is 1. The number of sulfone groups is 1. The Morgan fingerprint density at radius 2 is 2.00 bits per heavy atom. The average molecular weight is 418 g/mol. The Kier molecular flexibility index (Phi) is 5.61. The number of hydrogen-bond donors (Lipinski definition) is 0. The van der Waals surface area contributed by atoms with Crippen LogP contribution in [0.15, 0.2) is 22.7 Å². The average Bonchev–Trinajstić information content (AvgIpc) is 2.79. The summed E-state index contributed by atoms with van der Waals surface area (Å²) in [4.78, 5) is 0. The molecule has 2 nitrogen and oxygen atoms in total. The number of halogens is 4. The van der Waals surface area contributed by atoms with Gasteiger partial charge in [0.2, 0.25) is 0 Å². The van der Waals surface area contributed by atoms with E-state index < -0.39 is 15.3 Å². The van der Waals surface area contributed by atoms with Crippen LogP contribution in [-0.4, -0.2) is 31.7 Å². The molecule has 0 N–H and O–H groups in total. The fourth-order valence-electron chi connectivity index (χ4n) is 2.82. The van der Waals surface area contributed by atoms with Crippen molar-refractivity contribution in [3.63, 3.8) is 0 Å². The molecule has 1 aliphatic rings. The van der Waals surface area contributed by atoms with Gasteiger partial charge in [0.15, 0.2) is 9.84 Å². The summed E-state index contributed by atoms with van der Waals surface area (Å²) < 4.78 is 37.3. The second kappa shape index (κ2) is 6.73. The van der Waals surface area contributed by atoms with Crippen molar-refractivity contribution in [3.05, 3.63) is 34.1 Å². The zero-order valence-corrected chi connectivity index (χ0v) is 15.2. The maximum Gasteiger partial charge on any atom is 0.150 e. The van der Waals surface area contributed by atoms with Crippen molar-refractivity contribution in [3.8, 4) is 0 Å². The normalized spacial score (nSPS) is 21.6. The van der Waals surface area contributed by atoms with E-state index in [0.29, 0.717) is 17.3 Å². The highest BCUT2D eigenvalue weighted by atomic mass is 79.9. The summed E-state index contributed by atoms with van der Waals surface area (Å²) in [6.45, 7) is 0. The minimum atomic E-state index is -3.00. The van der Waals surface area contributed by atoms with Gasteiger partial charge in [0.25, 0.3) is 0 Å². The Labute approximate surface area is 143 Å². The molecular weight excluding hydrogens is 402 g/mol. The maximum absolute atomic E-state index is 13.2. The molecule has 1 fully saturated rings. The number of alkyl halides is 2. The van der Waals surface area contributed by atoms with E-state index in [1.807, 2.05) is 0 Å². The summed E-state index contributed by atoms with van der Waals surface area (Å²) in [7, 11) is -3.00. The van der Waals surface area contributed by atoms with E-state index in [9.17, 15) is 12.8 Å². The second-order valence-corrected chi connectivity index (χ2v) is 9.26. The second-order valence-electron chi connectivity index (χ2n) is 5.64. The van der Waals surface area contributed by atoms with E-state index in [1.54, 1.807) is 6.07 Å². The van der Waals surface area contributed by atoms with Crippen LogP contribution in [0.1, 0.15) is 12.0 Å². The molecule has 21 heavy (non-hydrogen) atoms. The Bertz CT molecular complexity index is 617. The first-order valence-electron chi connectivity index (χ1n) is 6.58. The minimum absolute atomic E-state index is 0.0607. The molecule has 0 amide bonds. The molecule has 1 aliphatic heterocycles. The van der Waals surface area contributed by atoms with Crippen LogP contribution in [0.3, 0.4) is 0 Å². The summed E-state index contributed by atoms with van der Waals surface area (Å²) >= 11 is 15.7. The van der Waals surface area contributed by atoms with Crippen molar-refractivity contribution in [2.45, 2.75) is 12.8 Å². The van der Waals surface area contributed by atoms with Crippen LogP contribution in [0, 0.1) is 17.2 Å². The Hall–Kier alpha value is 0.160. The molecule has 1 unspecified atom stereocenters. The largest absolute Gasteiger partial charge is 0.229 e. The number of hydrogen-bond acceptors (Lipinski definition) is 2. The van der Waals surface area contributed by atoms with Crippen LogP contribution < -0.4 is 0 Å². The lowest BCUT2D eigenvalue weighted by Gasteiger charge is -2.35. The summed E-state index contributed by atoms with van der Waals surface area (Å²) in [6.07, 6.45) is 1.11. The van der Waals surface area contributed by atoms with E-state index in [2.05, 4.69) is 15.9 Å². The zero-order chi connectivity index (χ0) is 15.7. The fourth-order valence-corrected chi connectivity index (χ4v) is 6.16. The third-order valence-electron chi connectivity index (χ3n) is 4.19. The Morgan fingerprint density at radius 3 is 2.48 bits per heavy atom. The van der Waals surface area contributed by atoms with Gasteiger partial charge in [-0.2, -0.15) is 0 Å². The lowest BCUT2D eigenvalue weighted by molar-refractivity contribution is 0.244. The molecular formula is C14H16BrCl2FO2S. The van der Waals surface area contributed by atoms with E-state index in [4.69, 9.17) is 23.2 Å². The summed E-state index contributed by atoms with van der Waals surface area (Å²) in [6, 6.07) is 4.48. The Morgan fingerprint density at radius 1 is 1.33 bits per heavy atom. The predicted octanol–water partition coefficient (Wildman–Crippen LogP) is 4.03. The van der Waals surface area contributed by atoms with Gasteiger partial charge < -0.3 is 0 Å². The molecule has 0 saturated carbocycles.